The average Bonchev–Trinajstić information content (AvgIpc) is 3.43. The summed E-state index contributed by atoms with van der Waals surface area (Å²) in [5.74, 6) is 1.68. The van der Waals surface area contributed by atoms with E-state index in [1.807, 2.05) is 29.2 Å². The predicted molar refractivity (Wildman–Crippen MR) is 114 cm³/mol. The molecule has 2 aromatic rings. The van der Waals surface area contributed by atoms with Gasteiger partial charge in [0.05, 0.1) is 4.88 Å². The van der Waals surface area contributed by atoms with Crippen molar-refractivity contribution >= 4 is 23.2 Å². The number of aryl methyl sites for hydroxylation is 1. The first-order chi connectivity index (χ1) is 14.7. The second-order valence-electron chi connectivity index (χ2n) is 8.26. The Balaban J connectivity index is 1.19. The average molecular weight is 427 g/mol. The lowest BCUT2D eigenvalue weighted by Gasteiger charge is -2.26. The predicted octanol–water partition coefficient (Wildman–Crippen LogP) is 3.52. The molecule has 3 aliphatic rings. The highest BCUT2D eigenvalue weighted by atomic mass is 32.1. The Kier molecular flexibility index (Phi) is 5.37. The van der Waals surface area contributed by atoms with Gasteiger partial charge in [-0.2, -0.15) is 0 Å². The maximum absolute atomic E-state index is 12.8. The van der Waals surface area contributed by atoms with Gasteiger partial charge in [-0.05, 0) is 67.9 Å². The zero-order chi connectivity index (χ0) is 20.5. The normalized spacial score (nSPS) is 20.0. The van der Waals surface area contributed by atoms with Gasteiger partial charge in [0.2, 0.25) is 12.7 Å². The molecule has 1 aromatic heterocycles. The van der Waals surface area contributed by atoms with Crippen molar-refractivity contribution in [2.24, 2.45) is 5.92 Å². The Morgan fingerprint density at radius 1 is 1.10 bits per heavy atom. The summed E-state index contributed by atoms with van der Waals surface area (Å²) in [4.78, 5) is 29.7. The number of hydrogen-bond acceptors (Lipinski definition) is 5. The lowest BCUT2D eigenvalue weighted by molar-refractivity contribution is -0.125. The second-order valence-corrected chi connectivity index (χ2v) is 9.39. The van der Waals surface area contributed by atoms with Gasteiger partial charge in [0.25, 0.3) is 5.91 Å². The van der Waals surface area contributed by atoms with Gasteiger partial charge in [0.1, 0.15) is 0 Å². The summed E-state index contributed by atoms with van der Waals surface area (Å²) in [6.45, 7) is 2.46. The number of nitrogens with one attached hydrogen (secondary N) is 1. The maximum Gasteiger partial charge on any atom is 0.263 e. The van der Waals surface area contributed by atoms with Crippen LogP contribution in [0.1, 0.15) is 51.4 Å². The van der Waals surface area contributed by atoms with Gasteiger partial charge in [0, 0.05) is 30.4 Å². The largest absolute Gasteiger partial charge is 0.454 e. The van der Waals surface area contributed by atoms with Crippen molar-refractivity contribution in [3.63, 3.8) is 0 Å². The van der Waals surface area contributed by atoms with Gasteiger partial charge >= 0.3 is 0 Å². The molecular formula is C23H26N2O4S. The minimum Gasteiger partial charge on any atom is -0.454 e. The van der Waals surface area contributed by atoms with E-state index < -0.39 is 0 Å². The number of carbonyl (C=O) groups excluding carboxylic acids is 2. The molecule has 0 bridgehead atoms. The number of piperidine rings is 1. The summed E-state index contributed by atoms with van der Waals surface area (Å²) in [7, 11) is 0. The van der Waals surface area contributed by atoms with Gasteiger partial charge in [-0.1, -0.05) is 6.07 Å². The van der Waals surface area contributed by atoms with E-state index in [2.05, 4.69) is 5.32 Å². The molecule has 0 spiro atoms. The van der Waals surface area contributed by atoms with Crippen molar-refractivity contribution in [3.05, 3.63) is 45.1 Å². The second kappa shape index (κ2) is 8.30. The first-order valence-electron chi connectivity index (χ1n) is 10.7. The first-order valence-corrected chi connectivity index (χ1v) is 11.6. The third kappa shape index (κ3) is 3.90. The molecule has 2 aliphatic heterocycles. The Morgan fingerprint density at radius 3 is 2.80 bits per heavy atom. The molecule has 0 radical (unpaired) electrons. The van der Waals surface area contributed by atoms with Gasteiger partial charge in [-0.3, -0.25) is 9.59 Å². The standard InChI is InChI=1S/C23H26N2O4S/c26-22(24-13-15-4-6-18-19(10-15)29-14-28-18)16-5-7-20-17(11-16)12-21(30-20)23(27)25-8-2-1-3-9-25/h4,6,10,12,16H,1-3,5,7-9,11,13-14H2,(H,24,26). The lowest BCUT2D eigenvalue weighted by Crippen LogP contribution is -2.35. The Morgan fingerprint density at radius 2 is 1.93 bits per heavy atom. The molecule has 0 saturated carbocycles. The van der Waals surface area contributed by atoms with Crippen LogP contribution in [0.5, 0.6) is 11.5 Å². The molecule has 7 heteroatoms. The number of fused-ring (bicyclic) bond motifs is 2. The molecule has 1 fully saturated rings. The molecule has 1 atom stereocenters. The molecule has 6 nitrogen and oxygen atoms in total. The minimum atomic E-state index is -0.0425. The van der Waals surface area contributed by atoms with Crippen LogP contribution < -0.4 is 14.8 Å². The molecule has 1 aliphatic carbocycles. The number of rotatable bonds is 4. The topological polar surface area (TPSA) is 67.9 Å². The summed E-state index contributed by atoms with van der Waals surface area (Å²) in [6.07, 6.45) is 5.83. The third-order valence-corrected chi connectivity index (χ3v) is 7.44. The summed E-state index contributed by atoms with van der Waals surface area (Å²) in [5.41, 5.74) is 2.17. The fourth-order valence-electron chi connectivity index (χ4n) is 4.49. The molecule has 1 saturated heterocycles. The van der Waals surface area contributed by atoms with Crippen molar-refractivity contribution in [1.82, 2.24) is 10.2 Å². The van der Waals surface area contributed by atoms with Crippen LogP contribution in [0.4, 0.5) is 0 Å². The monoisotopic (exact) mass is 426 g/mol. The summed E-state index contributed by atoms with van der Waals surface area (Å²) >= 11 is 1.62. The van der Waals surface area contributed by atoms with E-state index in [-0.39, 0.29) is 24.5 Å². The summed E-state index contributed by atoms with van der Waals surface area (Å²) in [5, 5.41) is 3.06. The molecule has 2 amide bonds. The number of benzene rings is 1. The SMILES string of the molecule is O=C(NCc1ccc2c(c1)OCO2)C1CCc2sc(C(=O)N3CCCCC3)cc2C1. The molecule has 158 valence electrons. The molecular weight excluding hydrogens is 400 g/mol. The Labute approximate surface area is 180 Å². The van der Waals surface area contributed by atoms with Crippen LogP contribution in [0.25, 0.3) is 0 Å². The minimum absolute atomic E-state index is 0.0425. The number of amides is 2. The molecule has 1 aromatic carbocycles. The van der Waals surface area contributed by atoms with E-state index in [1.165, 1.54) is 16.9 Å². The van der Waals surface area contributed by atoms with E-state index in [1.54, 1.807) is 11.3 Å². The summed E-state index contributed by atoms with van der Waals surface area (Å²) < 4.78 is 10.7. The van der Waals surface area contributed by atoms with Crippen LogP contribution >= 0.6 is 11.3 Å². The van der Waals surface area contributed by atoms with Crippen molar-refractivity contribution in [1.29, 1.82) is 0 Å². The van der Waals surface area contributed by atoms with Gasteiger partial charge in [0.15, 0.2) is 11.5 Å². The van der Waals surface area contributed by atoms with Crippen LogP contribution in [-0.4, -0.2) is 36.6 Å². The van der Waals surface area contributed by atoms with E-state index in [0.717, 1.165) is 60.7 Å². The fraction of sp³-hybridized carbons (Fsp3) is 0.478. The lowest BCUT2D eigenvalue weighted by atomic mass is 9.87. The van der Waals surface area contributed by atoms with Gasteiger partial charge in [-0.25, -0.2) is 0 Å². The molecule has 5 rings (SSSR count). The number of thiophene rings is 1. The van der Waals surface area contributed by atoms with Crippen molar-refractivity contribution in [2.75, 3.05) is 19.9 Å². The number of hydrogen-bond donors (Lipinski definition) is 1. The highest BCUT2D eigenvalue weighted by molar-refractivity contribution is 7.14. The van der Waals surface area contributed by atoms with E-state index >= 15 is 0 Å². The van der Waals surface area contributed by atoms with Crippen molar-refractivity contribution in [3.8, 4) is 11.5 Å². The molecule has 3 heterocycles. The zero-order valence-corrected chi connectivity index (χ0v) is 17.8. The highest BCUT2D eigenvalue weighted by Gasteiger charge is 2.29. The molecule has 1 N–H and O–H groups in total. The van der Waals surface area contributed by atoms with Crippen LogP contribution in [0.3, 0.4) is 0 Å². The highest BCUT2D eigenvalue weighted by Crippen LogP contribution is 2.34. The first kappa shape index (κ1) is 19.4. The fourth-order valence-corrected chi connectivity index (χ4v) is 5.67. The van der Waals surface area contributed by atoms with Crippen LogP contribution in [-0.2, 0) is 24.2 Å². The van der Waals surface area contributed by atoms with E-state index in [9.17, 15) is 9.59 Å². The van der Waals surface area contributed by atoms with E-state index in [4.69, 9.17) is 9.47 Å². The van der Waals surface area contributed by atoms with Crippen LogP contribution in [0.2, 0.25) is 0 Å². The van der Waals surface area contributed by atoms with Gasteiger partial charge in [-0.15, -0.1) is 11.3 Å². The van der Waals surface area contributed by atoms with Crippen LogP contribution in [0.15, 0.2) is 24.3 Å². The van der Waals surface area contributed by atoms with Gasteiger partial charge < -0.3 is 19.7 Å². The number of nitrogens with zero attached hydrogens (tertiary/aromatic N) is 1. The molecule has 30 heavy (non-hydrogen) atoms. The maximum atomic E-state index is 12.8. The smallest absolute Gasteiger partial charge is 0.263 e. The number of likely N-dealkylation sites (tertiary alicyclic amines) is 1. The molecule has 1 unspecified atom stereocenters. The Bertz CT molecular complexity index is 964. The van der Waals surface area contributed by atoms with Crippen molar-refractivity contribution in [2.45, 2.75) is 45.1 Å². The Hall–Kier alpha value is -2.54. The quantitative estimate of drug-likeness (QED) is 0.812. The van der Waals surface area contributed by atoms with Crippen LogP contribution in [0, 0.1) is 5.92 Å². The number of carbonyl (C=O) groups is 2. The number of ether oxygens (including phenoxy) is 2. The zero-order valence-electron chi connectivity index (χ0n) is 16.9. The van der Waals surface area contributed by atoms with Crippen molar-refractivity contribution < 1.29 is 19.1 Å². The van der Waals surface area contributed by atoms with E-state index in [0.29, 0.717) is 13.0 Å². The summed E-state index contributed by atoms with van der Waals surface area (Å²) in [6, 6.07) is 7.78. The third-order valence-electron chi connectivity index (χ3n) is 6.21.